The van der Waals surface area contributed by atoms with E-state index < -0.39 is 11.9 Å². The van der Waals surface area contributed by atoms with Crippen molar-refractivity contribution in [2.24, 2.45) is 0 Å². The lowest BCUT2D eigenvalue weighted by atomic mass is 10.0. The molecule has 0 aliphatic heterocycles. The van der Waals surface area contributed by atoms with Crippen molar-refractivity contribution in [1.29, 1.82) is 5.26 Å². The standard InChI is InChI=1S/C15H8F3N5/c16-15(17,18)13-6-2-5-11(20-13)9-3-1-4-10(7-9)14-12(8-19)21-23-22-14/h1-7H,(H,21,22,23). The molecule has 0 unspecified atom stereocenters. The summed E-state index contributed by atoms with van der Waals surface area (Å²) in [7, 11) is 0. The Morgan fingerprint density at radius 3 is 2.52 bits per heavy atom. The lowest BCUT2D eigenvalue weighted by Gasteiger charge is -2.08. The topological polar surface area (TPSA) is 78.2 Å². The Kier molecular flexibility index (Phi) is 3.54. The summed E-state index contributed by atoms with van der Waals surface area (Å²) in [6, 6.07) is 12.2. The highest BCUT2D eigenvalue weighted by atomic mass is 19.4. The van der Waals surface area contributed by atoms with Crippen LogP contribution < -0.4 is 0 Å². The van der Waals surface area contributed by atoms with Crippen LogP contribution in [0, 0.1) is 11.3 Å². The van der Waals surface area contributed by atoms with Gasteiger partial charge in [0.15, 0.2) is 5.69 Å². The van der Waals surface area contributed by atoms with Crippen molar-refractivity contribution in [3.63, 3.8) is 0 Å². The maximum absolute atomic E-state index is 12.8. The van der Waals surface area contributed by atoms with Crippen molar-refractivity contribution >= 4 is 0 Å². The molecular formula is C15H8F3N5. The maximum atomic E-state index is 12.8. The first-order chi connectivity index (χ1) is 11.0. The van der Waals surface area contributed by atoms with Crippen molar-refractivity contribution in [2.75, 3.05) is 0 Å². The molecule has 2 aromatic heterocycles. The van der Waals surface area contributed by atoms with Crippen molar-refractivity contribution in [3.05, 3.63) is 53.9 Å². The van der Waals surface area contributed by atoms with E-state index in [2.05, 4.69) is 20.4 Å². The zero-order valence-corrected chi connectivity index (χ0v) is 11.5. The molecule has 1 aromatic carbocycles. The molecule has 0 bridgehead atoms. The summed E-state index contributed by atoms with van der Waals surface area (Å²) in [5, 5.41) is 18.8. The summed E-state index contributed by atoms with van der Waals surface area (Å²) in [5.41, 5.74) is 0.788. The molecule has 0 spiro atoms. The highest BCUT2D eigenvalue weighted by Gasteiger charge is 2.32. The smallest absolute Gasteiger partial charge is 0.247 e. The van der Waals surface area contributed by atoms with Crippen LogP contribution in [0.25, 0.3) is 22.5 Å². The van der Waals surface area contributed by atoms with Crippen LogP contribution in [0.5, 0.6) is 0 Å². The molecule has 114 valence electrons. The van der Waals surface area contributed by atoms with Crippen molar-refractivity contribution < 1.29 is 13.2 Å². The summed E-state index contributed by atoms with van der Waals surface area (Å²) in [5.74, 6) is 0. The molecule has 0 atom stereocenters. The van der Waals surface area contributed by atoms with Crippen LogP contribution >= 0.6 is 0 Å². The molecule has 0 aliphatic carbocycles. The van der Waals surface area contributed by atoms with Crippen molar-refractivity contribution in [3.8, 4) is 28.6 Å². The van der Waals surface area contributed by atoms with Gasteiger partial charge in [0.2, 0.25) is 0 Å². The van der Waals surface area contributed by atoms with Crippen molar-refractivity contribution in [1.82, 2.24) is 20.4 Å². The van der Waals surface area contributed by atoms with E-state index in [1.54, 1.807) is 24.3 Å². The number of halogens is 3. The number of hydrogen-bond acceptors (Lipinski definition) is 4. The third-order valence-electron chi connectivity index (χ3n) is 3.13. The molecular weight excluding hydrogens is 307 g/mol. The molecule has 0 fully saturated rings. The third kappa shape index (κ3) is 2.89. The van der Waals surface area contributed by atoms with Gasteiger partial charge in [0.25, 0.3) is 0 Å². The van der Waals surface area contributed by atoms with E-state index in [9.17, 15) is 13.2 Å². The van der Waals surface area contributed by atoms with Crippen LogP contribution in [0.1, 0.15) is 11.4 Å². The SMILES string of the molecule is N#Cc1[nH]nnc1-c1cccc(-c2cccc(C(F)(F)F)n2)c1. The van der Waals surface area contributed by atoms with Crippen LogP contribution in [0.2, 0.25) is 0 Å². The number of pyridine rings is 1. The summed E-state index contributed by atoms with van der Waals surface area (Å²) in [6.45, 7) is 0. The first-order valence-electron chi connectivity index (χ1n) is 6.45. The Morgan fingerprint density at radius 1 is 1.04 bits per heavy atom. The van der Waals surface area contributed by atoms with Gasteiger partial charge in [-0.25, -0.2) is 10.1 Å². The first kappa shape index (κ1) is 14.7. The van der Waals surface area contributed by atoms with Gasteiger partial charge >= 0.3 is 6.18 Å². The van der Waals surface area contributed by atoms with Crippen LogP contribution in [0.4, 0.5) is 13.2 Å². The Labute approximate surface area is 128 Å². The number of hydrogen-bond donors (Lipinski definition) is 1. The van der Waals surface area contributed by atoms with Gasteiger partial charge in [0.1, 0.15) is 17.5 Å². The molecule has 0 aliphatic rings. The number of alkyl halides is 3. The van der Waals surface area contributed by atoms with Crippen molar-refractivity contribution in [2.45, 2.75) is 6.18 Å². The maximum Gasteiger partial charge on any atom is 0.433 e. The molecule has 0 amide bonds. The Bertz CT molecular complexity index is 892. The Morgan fingerprint density at radius 2 is 1.78 bits per heavy atom. The van der Waals surface area contributed by atoms with Gasteiger partial charge in [0, 0.05) is 11.1 Å². The number of benzene rings is 1. The fourth-order valence-electron chi connectivity index (χ4n) is 2.09. The predicted molar refractivity (Wildman–Crippen MR) is 74.8 cm³/mol. The van der Waals surface area contributed by atoms with Gasteiger partial charge in [0.05, 0.1) is 5.69 Å². The molecule has 0 radical (unpaired) electrons. The average molecular weight is 315 g/mol. The molecule has 0 saturated heterocycles. The fourth-order valence-corrected chi connectivity index (χ4v) is 2.09. The van der Waals surface area contributed by atoms with Gasteiger partial charge in [-0.05, 0) is 18.2 Å². The minimum atomic E-state index is -4.51. The molecule has 23 heavy (non-hydrogen) atoms. The van der Waals surface area contributed by atoms with E-state index in [4.69, 9.17) is 5.26 Å². The van der Waals surface area contributed by atoms with E-state index in [1.165, 1.54) is 12.1 Å². The third-order valence-corrected chi connectivity index (χ3v) is 3.13. The summed E-state index contributed by atoms with van der Waals surface area (Å²) in [6.07, 6.45) is -4.51. The Balaban J connectivity index is 2.06. The van der Waals surface area contributed by atoms with Gasteiger partial charge in [-0.1, -0.05) is 29.5 Å². The number of nitrogens with zero attached hydrogens (tertiary/aromatic N) is 4. The molecule has 3 aromatic rings. The lowest BCUT2D eigenvalue weighted by molar-refractivity contribution is -0.141. The van der Waals surface area contributed by atoms with Crippen LogP contribution in [0.3, 0.4) is 0 Å². The molecule has 8 heteroatoms. The number of nitriles is 1. The molecule has 3 rings (SSSR count). The number of rotatable bonds is 2. The second kappa shape index (κ2) is 5.53. The number of aromatic amines is 1. The second-order valence-corrected chi connectivity index (χ2v) is 4.63. The first-order valence-corrected chi connectivity index (χ1v) is 6.45. The summed E-state index contributed by atoms with van der Waals surface area (Å²) < 4.78 is 38.3. The van der Waals surface area contributed by atoms with Gasteiger partial charge in [-0.2, -0.15) is 18.4 Å². The number of H-pyrrole nitrogens is 1. The second-order valence-electron chi connectivity index (χ2n) is 4.63. The Hall–Kier alpha value is -3.21. The molecule has 0 saturated carbocycles. The van der Waals surface area contributed by atoms with E-state index in [0.29, 0.717) is 16.8 Å². The highest BCUT2D eigenvalue weighted by molar-refractivity contribution is 5.71. The van der Waals surface area contributed by atoms with Crippen LogP contribution in [-0.2, 0) is 6.18 Å². The highest BCUT2D eigenvalue weighted by Crippen LogP contribution is 2.30. The minimum absolute atomic E-state index is 0.180. The quantitative estimate of drug-likeness (QED) is 0.786. The monoisotopic (exact) mass is 315 g/mol. The van der Waals surface area contributed by atoms with Crippen LogP contribution in [-0.4, -0.2) is 20.4 Å². The summed E-state index contributed by atoms with van der Waals surface area (Å²) >= 11 is 0. The largest absolute Gasteiger partial charge is 0.433 e. The van der Waals surface area contributed by atoms with Crippen LogP contribution in [0.15, 0.2) is 42.5 Å². The molecule has 2 heterocycles. The van der Waals surface area contributed by atoms with E-state index in [0.717, 1.165) is 6.07 Å². The normalized spacial score (nSPS) is 11.2. The zero-order chi connectivity index (χ0) is 16.4. The van der Waals surface area contributed by atoms with Gasteiger partial charge in [-0.3, -0.25) is 0 Å². The fraction of sp³-hybridized carbons (Fsp3) is 0.0667. The average Bonchev–Trinajstić information content (AvgIpc) is 3.03. The van der Waals surface area contributed by atoms with E-state index in [-0.39, 0.29) is 11.4 Å². The van der Waals surface area contributed by atoms with Gasteiger partial charge < -0.3 is 0 Å². The number of nitrogens with one attached hydrogen (secondary N) is 1. The van der Waals surface area contributed by atoms with E-state index >= 15 is 0 Å². The number of aromatic nitrogens is 4. The zero-order valence-electron chi connectivity index (χ0n) is 11.5. The molecule has 5 nitrogen and oxygen atoms in total. The predicted octanol–water partition coefficient (Wildman–Crippen LogP) is 3.42. The molecule has 1 N–H and O–H groups in total. The minimum Gasteiger partial charge on any atom is -0.247 e. The van der Waals surface area contributed by atoms with Gasteiger partial charge in [-0.15, -0.1) is 5.10 Å². The lowest BCUT2D eigenvalue weighted by Crippen LogP contribution is -2.07. The summed E-state index contributed by atoms with van der Waals surface area (Å²) in [4.78, 5) is 3.65. The van der Waals surface area contributed by atoms with E-state index in [1.807, 2.05) is 6.07 Å².